The lowest BCUT2D eigenvalue weighted by Crippen LogP contribution is -2.29. The van der Waals surface area contributed by atoms with Crippen LogP contribution in [0.1, 0.15) is 46.8 Å². The zero-order valence-corrected chi connectivity index (χ0v) is 21.7. The zero-order valence-electron chi connectivity index (χ0n) is 21.7. The lowest BCUT2D eigenvalue weighted by atomic mass is 9.96. The second kappa shape index (κ2) is 10.2. The van der Waals surface area contributed by atoms with E-state index in [-0.39, 0.29) is 24.1 Å². The Balaban J connectivity index is 1.22. The van der Waals surface area contributed by atoms with Crippen LogP contribution in [0.5, 0.6) is 0 Å². The van der Waals surface area contributed by atoms with Crippen LogP contribution in [0.15, 0.2) is 88.7 Å². The SMILES string of the molecule is N#Cc1cnc(-c2nnc(N[C@H]3N=C(c4ccccc4)c4ccccc4CC3=O)o2)c(-c2cnc(C3CC3)nc2)c1. The molecule has 10 heteroatoms. The number of Topliss-reactive ketones (excluding diaryl/α,β-unsaturated/α-hetero) is 1. The number of hydrogen-bond donors (Lipinski definition) is 1. The number of nitrogens with zero attached hydrogens (tertiary/aromatic N) is 7. The molecule has 2 aliphatic rings. The maximum Gasteiger partial charge on any atom is 0.317 e. The summed E-state index contributed by atoms with van der Waals surface area (Å²) in [6.45, 7) is 0. The Hall–Kier alpha value is -5.56. The Morgan fingerprint density at radius 3 is 2.44 bits per heavy atom. The molecule has 1 aliphatic carbocycles. The molecule has 198 valence electrons. The molecule has 10 nitrogen and oxygen atoms in total. The van der Waals surface area contributed by atoms with Gasteiger partial charge in [0.25, 0.3) is 5.89 Å². The molecule has 0 radical (unpaired) electrons. The van der Waals surface area contributed by atoms with Crippen LogP contribution in [-0.2, 0) is 11.2 Å². The van der Waals surface area contributed by atoms with Crippen molar-refractivity contribution in [3.63, 3.8) is 0 Å². The summed E-state index contributed by atoms with van der Waals surface area (Å²) >= 11 is 0. The maximum absolute atomic E-state index is 13.3. The monoisotopic (exact) mass is 538 g/mol. The number of pyridine rings is 1. The van der Waals surface area contributed by atoms with Gasteiger partial charge in [0, 0.05) is 53.2 Å². The molecule has 0 bridgehead atoms. The Kier molecular flexibility index (Phi) is 6.09. The number of nitriles is 1. The van der Waals surface area contributed by atoms with E-state index >= 15 is 0 Å². The lowest BCUT2D eigenvalue weighted by Gasteiger charge is -2.12. The van der Waals surface area contributed by atoms with Crippen molar-refractivity contribution < 1.29 is 9.21 Å². The molecule has 1 aliphatic heterocycles. The predicted molar refractivity (Wildman–Crippen MR) is 150 cm³/mol. The van der Waals surface area contributed by atoms with Gasteiger partial charge in [0.2, 0.25) is 0 Å². The highest BCUT2D eigenvalue weighted by atomic mass is 16.4. The van der Waals surface area contributed by atoms with E-state index in [4.69, 9.17) is 9.41 Å². The molecule has 1 atom stereocenters. The zero-order chi connectivity index (χ0) is 27.8. The van der Waals surface area contributed by atoms with Crippen LogP contribution in [0.2, 0.25) is 0 Å². The number of carbonyl (C=O) groups is 1. The highest BCUT2D eigenvalue weighted by Crippen LogP contribution is 2.38. The van der Waals surface area contributed by atoms with Crippen LogP contribution in [-0.4, -0.2) is 42.8 Å². The summed E-state index contributed by atoms with van der Waals surface area (Å²) in [5.74, 6) is 1.22. The number of aromatic nitrogens is 5. The number of carbonyl (C=O) groups excluding carboxylic acids is 1. The molecule has 41 heavy (non-hydrogen) atoms. The van der Waals surface area contributed by atoms with Crippen molar-refractivity contribution in [1.82, 2.24) is 25.1 Å². The lowest BCUT2D eigenvalue weighted by molar-refractivity contribution is -0.119. The number of rotatable bonds is 6. The van der Waals surface area contributed by atoms with E-state index in [2.05, 4.69) is 36.5 Å². The quantitative estimate of drug-likeness (QED) is 0.324. The number of hydrogen-bond acceptors (Lipinski definition) is 10. The van der Waals surface area contributed by atoms with Gasteiger partial charge in [-0.25, -0.2) is 15.0 Å². The largest absolute Gasteiger partial charge is 0.402 e. The molecule has 1 N–H and O–H groups in total. The van der Waals surface area contributed by atoms with Gasteiger partial charge in [0.05, 0.1) is 11.3 Å². The average Bonchev–Trinajstić information content (AvgIpc) is 3.79. The molecule has 1 fully saturated rings. The van der Waals surface area contributed by atoms with E-state index in [0.717, 1.165) is 35.4 Å². The van der Waals surface area contributed by atoms with Gasteiger partial charge in [-0.2, -0.15) is 5.26 Å². The third kappa shape index (κ3) is 4.85. The minimum Gasteiger partial charge on any atom is -0.402 e. The summed E-state index contributed by atoms with van der Waals surface area (Å²) in [4.78, 5) is 31.6. The number of aliphatic imine (C=N–C) groups is 1. The van der Waals surface area contributed by atoms with Crippen LogP contribution >= 0.6 is 0 Å². The van der Waals surface area contributed by atoms with E-state index in [9.17, 15) is 10.1 Å². The van der Waals surface area contributed by atoms with E-state index in [1.807, 2.05) is 54.6 Å². The van der Waals surface area contributed by atoms with Crippen molar-refractivity contribution in [3.8, 4) is 28.8 Å². The molecule has 0 amide bonds. The van der Waals surface area contributed by atoms with Gasteiger partial charge in [0.1, 0.15) is 17.6 Å². The van der Waals surface area contributed by atoms with Gasteiger partial charge in [-0.3, -0.25) is 9.79 Å². The molecular weight excluding hydrogens is 516 g/mol. The first-order valence-electron chi connectivity index (χ1n) is 13.2. The summed E-state index contributed by atoms with van der Waals surface area (Å²) < 4.78 is 5.95. The molecule has 0 saturated heterocycles. The molecule has 0 unspecified atom stereocenters. The maximum atomic E-state index is 13.3. The molecule has 5 aromatic rings. The number of anilines is 1. The predicted octanol–water partition coefficient (Wildman–Crippen LogP) is 4.74. The third-order valence-corrected chi connectivity index (χ3v) is 7.08. The van der Waals surface area contributed by atoms with Crippen molar-refractivity contribution in [2.75, 3.05) is 5.32 Å². The van der Waals surface area contributed by atoms with Gasteiger partial charge in [-0.15, -0.1) is 5.10 Å². The molecule has 1 saturated carbocycles. The topological polar surface area (TPSA) is 143 Å². The van der Waals surface area contributed by atoms with Crippen molar-refractivity contribution in [1.29, 1.82) is 5.26 Å². The first kappa shape index (κ1) is 24.5. The van der Waals surface area contributed by atoms with Crippen molar-refractivity contribution in [2.45, 2.75) is 31.3 Å². The minimum atomic E-state index is -0.942. The van der Waals surface area contributed by atoms with Gasteiger partial charge in [0.15, 0.2) is 11.9 Å². The smallest absolute Gasteiger partial charge is 0.317 e. The fourth-order valence-corrected chi connectivity index (χ4v) is 4.84. The number of nitrogens with one attached hydrogen (secondary N) is 1. The van der Waals surface area contributed by atoms with E-state index in [1.165, 1.54) is 6.20 Å². The fraction of sp³-hybridized carbons (Fsp3) is 0.161. The Morgan fingerprint density at radius 2 is 1.66 bits per heavy atom. The molecular formula is C31H22N8O2. The van der Waals surface area contributed by atoms with Crippen molar-refractivity contribution in [3.05, 3.63) is 107 Å². The van der Waals surface area contributed by atoms with Gasteiger partial charge in [-0.05, 0) is 24.5 Å². The summed E-state index contributed by atoms with van der Waals surface area (Å²) in [6.07, 6.45) is 6.34. The van der Waals surface area contributed by atoms with E-state index < -0.39 is 6.17 Å². The normalized spacial score (nSPS) is 16.3. The van der Waals surface area contributed by atoms with Crippen LogP contribution in [0.25, 0.3) is 22.7 Å². The van der Waals surface area contributed by atoms with Gasteiger partial charge >= 0.3 is 6.01 Å². The Labute approximate surface area is 234 Å². The Morgan fingerprint density at radius 1 is 0.878 bits per heavy atom. The average molecular weight is 539 g/mol. The number of fused-ring (bicyclic) bond motifs is 1. The second-order valence-electron chi connectivity index (χ2n) is 9.94. The fourth-order valence-electron chi connectivity index (χ4n) is 4.84. The van der Waals surface area contributed by atoms with Gasteiger partial charge < -0.3 is 9.73 Å². The highest BCUT2D eigenvalue weighted by Gasteiger charge is 2.28. The molecule has 0 spiro atoms. The molecule has 3 aromatic heterocycles. The number of ketones is 1. The summed E-state index contributed by atoms with van der Waals surface area (Å²) in [7, 11) is 0. The van der Waals surface area contributed by atoms with E-state index in [0.29, 0.717) is 34.0 Å². The third-order valence-electron chi connectivity index (χ3n) is 7.08. The van der Waals surface area contributed by atoms with Crippen molar-refractivity contribution >= 4 is 17.5 Å². The second-order valence-corrected chi connectivity index (χ2v) is 9.94. The standard InChI is InChI=1S/C31H22N8O2/c32-14-18-12-24(22-16-34-28(35-17-22)20-10-11-20)27(33-15-18)30-38-39-31(41-30)37-29-25(40)13-21-8-4-5-9-23(21)26(36-29)19-6-2-1-3-7-19/h1-9,12,15-17,20,29H,10-11,13H2,(H,37,39)/t29-/m1/s1. The minimum absolute atomic E-state index is 0.0258. The summed E-state index contributed by atoms with van der Waals surface area (Å²) in [6, 6.07) is 21.3. The molecule has 4 heterocycles. The first-order valence-corrected chi connectivity index (χ1v) is 13.2. The summed E-state index contributed by atoms with van der Waals surface area (Å²) in [5.41, 5.74) is 5.42. The molecule has 7 rings (SSSR count). The highest BCUT2D eigenvalue weighted by molar-refractivity contribution is 6.16. The van der Waals surface area contributed by atoms with Crippen LogP contribution < -0.4 is 5.32 Å². The molecule has 2 aromatic carbocycles. The van der Waals surface area contributed by atoms with E-state index in [1.54, 1.807) is 18.5 Å². The number of benzene rings is 2. The Bertz CT molecular complexity index is 1840. The van der Waals surface area contributed by atoms with Crippen LogP contribution in [0.4, 0.5) is 6.01 Å². The van der Waals surface area contributed by atoms with Crippen molar-refractivity contribution in [2.24, 2.45) is 4.99 Å². The van der Waals surface area contributed by atoms with Crippen LogP contribution in [0, 0.1) is 11.3 Å². The van der Waals surface area contributed by atoms with Gasteiger partial charge in [-0.1, -0.05) is 59.7 Å². The summed E-state index contributed by atoms with van der Waals surface area (Å²) in [5, 5.41) is 20.8. The van der Waals surface area contributed by atoms with Crippen LogP contribution in [0.3, 0.4) is 0 Å². The first-order chi connectivity index (χ1) is 20.2.